The Labute approximate surface area is 89.2 Å². The number of hydrogen-bond acceptors (Lipinski definition) is 6. The number of aliphatic hydroxyl groups excluding tert-OH is 5. The average molecular weight is 223 g/mol. The molecule has 0 aliphatic heterocycles. The highest BCUT2D eigenvalue weighted by Crippen LogP contribution is 2.04. The Bertz CT molecular complexity index is 157. The monoisotopic (exact) mass is 223 g/mol. The fraction of sp³-hybridized carbons (Fsp3) is 1.00. The molecule has 0 aromatic carbocycles. The molecule has 0 aromatic rings. The maximum Gasteiger partial charge on any atom is 0.111 e. The van der Waals surface area contributed by atoms with Crippen molar-refractivity contribution in [2.75, 3.05) is 19.7 Å². The Morgan fingerprint density at radius 3 is 2.00 bits per heavy atom. The molecule has 0 aromatic heterocycles. The summed E-state index contributed by atoms with van der Waals surface area (Å²) in [5.74, 6) is 0. The summed E-state index contributed by atoms with van der Waals surface area (Å²) in [6.07, 6.45) is -4.75. The number of hydrogen-bond donors (Lipinski definition) is 6. The van der Waals surface area contributed by atoms with Gasteiger partial charge in [-0.25, -0.2) is 0 Å². The van der Waals surface area contributed by atoms with Crippen molar-refractivity contribution in [1.82, 2.24) is 5.32 Å². The molecule has 0 heterocycles. The summed E-state index contributed by atoms with van der Waals surface area (Å²) in [6, 6.07) is 0. The van der Waals surface area contributed by atoms with Crippen LogP contribution in [-0.2, 0) is 0 Å². The smallest absolute Gasteiger partial charge is 0.111 e. The largest absolute Gasteiger partial charge is 0.394 e. The predicted molar refractivity (Wildman–Crippen MR) is 54.3 cm³/mol. The molecule has 0 saturated carbocycles. The van der Waals surface area contributed by atoms with Crippen LogP contribution in [0.3, 0.4) is 0 Å². The highest BCUT2D eigenvalue weighted by atomic mass is 16.4. The molecule has 0 bridgehead atoms. The second-order valence-electron chi connectivity index (χ2n) is 3.50. The lowest BCUT2D eigenvalue weighted by molar-refractivity contribution is -0.113. The van der Waals surface area contributed by atoms with E-state index < -0.39 is 31.0 Å². The first kappa shape index (κ1) is 14.8. The van der Waals surface area contributed by atoms with Gasteiger partial charge in [0.05, 0.1) is 12.7 Å². The normalized spacial score (nSPS) is 19.6. The maximum atomic E-state index is 9.39. The predicted octanol–water partition coefficient (Wildman–Crippen LogP) is -2.58. The summed E-state index contributed by atoms with van der Waals surface area (Å²) in [4.78, 5) is 0. The van der Waals surface area contributed by atoms with Crippen LogP contribution in [0.5, 0.6) is 0 Å². The summed E-state index contributed by atoms with van der Waals surface area (Å²) in [7, 11) is 0. The van der Waals surface area contributed by atoms with Crippen LogP contribution >= 0.6 is 0 Å². The van der Waals surface area contributed by atoms with Crippen LogP contribution in [0.15, 0.2) is 0 Å². The lowest BCUT2D eigenvalue weighted by Crippen LogP contribution is -2.49. The molecule has 0 spiro atoms. The third kappa shape index (κ3) is 5.41. The molecule has 6 N–H and O–H groups in total. The van der Waals surface area contributed by atoms with Crippen LogP contribution in [0.1, 0.15) is 13.3 Å². The van der Waals surface area contributed by atoms with Crippen molar-refractivity contribution in [2.24, 2.45) is 0 Å². The quantitative estimate of drug-likeness (QED) is 0.252. The average Bonchev–Trinajstić information content (AvgIpc) is 2.26. The standard InChI is InChI=1S/C9H21NO5/c1-2-3-10-4-6(12)8(14)9(15)7(13)5-11/h6-15H,2-5H2,1H3/t6-,7-,8-,9-/m1/s1. The van der Waals surface area contributed by atoms with Crippen molar-refractivity contribution in [1.29, 1.82) is 0 Å². The van der Waals surface area contributed by atoms with E-state index in [0.29, 0.717) is 6.54 Å². The molecule has 0 unspecified atom stereocenters. The summed E-state index contributed by atoms with van der Waals surface area (Å²) in [5.41, 5.74) is 0. The summed E-state index contributed by atoms with van der Waals surface area (Å²) in [6.45, 7) is 2.13. The summed E-state index contributed by atoms with van der Waals surface area (Å²) >= 11 is 0. The molecule has 0 aliphatic rings. The Balaban J connectivity index is 3.90. The van der Waals surface area contributed by atoms with Gasteiger partial charge in [0, 0.05) is 6.54 Å². The Morgan fingerprint density at radius 2 is 1.53 bits per heavy atom. The molecule has 4 atom stereocenters. The molecule has 0 fully saturated rings. The van der Waals surface area contributed by atoms with Crippen LogP contribution in [0.4, 0.5) is 0 Å². The van der Waals surface area contributed by atoms with Gasteiger partial charge in [-0.3, -0.25) is 0 Å². The molecular weight excluding hydrogens is 202 g/mol. The van der Waals surface area contributed by atoms with E-state index in [0.717, 1.165) is 6.42 Å². The van der Waals surface area contributed by atoms with Crippen molar-refractivity contribution in [3.63, 3.8) is 0 Å². The molecule has 0 rings (SSSR count). The van der Waals surface area contributed by atoms with E-state index in [2.05, 4.69) is 5.32 Å². The van der Waals surface area contributed by atoms with Crippen molar-refractivity contribution >= 4 is 0 Å². The molecule has 6 heteroatoms. The minimum absolute atomic E-state index is 0.129. The van der Waals surface area contributed by atoms with Gasteiger partial charge in [0.1, 0.15) is 18.3 Å². The van der Waals surface area contributed by atoms with Gasteiger partial charge in [0.25, 0.3) is 0 Å². The van der Waals surface area contributed by atoms with E-state index in [9.17, 15) is 15.3 Å². The van der Waals surface area contributed by atoms with Crippen LogP contribution in [0.25, 0.3) is 0 Å². The maximum absolute atomic E-state index is 9.39. The topological polar surface area (TPSA) is 113 Å². The van der Waals surface area contributed by atoms with E-state index in [1.807, 2.05) is 6.92 Å². The van der Waals surface area contributed by atoms with Crippen molar-refractivity contribution in [3.05, 3.63) is 0 Å². The van der Waals surface area contributed by atoms with E-state index in [4.69, 9.17) is 10.2 Å². The van der Waals surface area contributed by atoms with Crippen molar-refractivity contribution in [3.8, 4) is 0 Å². The Kier molecular flexibility index (Phi) is 7.85. The molecule has 0 saturated heterocycles. The van der Waals surface area contributed by atoms with Crippen LogP contribution in [0.2, 0.25) is 0 Å². The Hall–Kier alpha value is -0.240. The van der Waals surface area contributed by atoms with Crippen LogP contribution in [0, 0.1) is 0 Å². The van der Waals surface area contributed by atoms with Gasteiger partial charge in [-0.2, -0.15) is 0 Å². The van der Waals surface area contributed by atoms with Gasteiger partial charge < -0.3 is 30.8 Å². The van der Waals surface area contributed by atoms with Crippen LogP contribution < -0.4 is 5.32 Å². The van der Waals surface area contributed by atoms with E-state index in [1.54, 1.807) is 0 Å². The highest BCUT2D eigenvalue weighted by molar-refractivity contribution is 4.81. The zero-order valence-electron chi connectivity index (χ0n) is 8.87. The summed E-state index contributed by atoms with van der Waals surface area (Å²) in [5, 5.41) is 48.5. The molecule has 6 nitrogen and oxygen atoms in total. The van der Waals surface area contributed by atoms with Gasteiger partial charge in [-0.1, -0.05) is 6.92 Å². The third-order valence-corrected chi connectivity index (χ3v) is 2.11. The number of nitrogens with one attached hydrogen (secondary N) is 1. The van der Waals surface area contributed by atoms with Gasteiger partial charge in [-0.05, 0) is 13.0 Å². The van der Waals surface area contributed by atoms with Gasteiger partial charge >= 0.3 is 0 Å². The van der Waals surface area contributed by atoms with Crippen LogP contribution in [-0.4, -0.2) is 69.6 Å². The van der Waals surface area contributed by atoms with Gasteiger partial charge in [0.15, 0.2) is 0 Å². The second-order valence-corrected chi connectivity index (χ2v) is 3.50. The first-order valence-electron chi connectivity index (χ1n) is 5.08. The molecule has 92 valence electrons. The minimum Gasteiger partial charge on any atom is -0.394 e. The van der Waals surface area contributed by atoms with Gasteiger partial charge in [-0.15, -0.1) is 0 Å². The third-order valence-electron chi connectivity index (χ3n) is 2.11. The SMILES string of the molecule is CCCNC[C@@H](O)[C@@H](O)[C@H](O)[C@H](O)CO. The van der Waals surface area contributed by atoms with Crippen molar-refractivity contribution in [2.45, 2.75) is 37.8 Å². The van der Waals surface area contributed by atoms with E-state index in [-0.39, 0.29) is 6.54 Å². The number of aliphatic hydroxyl groups is 5. The minimum atomic E-state index is -1.55. The lowest BCUT2D eigenvalue weighted by Gasteiger charge is -2.25. The Morgan fingerprint density at radius 1 is 1.00 bits per heavy atom. The number of rotatable bonds is 8. The lowest BCUT2D eigenvalue weighted by atomic mass is 10.0. The zero-order chi connectivity index (χ0) is 11.8. The molecular formula is C9H21NO5. The van der Waals surface area contributed by atoms with Crippen molar-refractivity contribution < 1.29 is 25.5 Å². The highest BCUT2D eigenvalue weighted by Gasteiger charge is 2.29. The van der Waals surface area contributed by atoms with Gasteiger partial charge in [0.2, 0.25) is 0 Å². The summed E-state index contributed by atoms with van der Waals surface area (Å²) < 4.78 is 0. The second kappa shape index (κ2) is 7.98. The first-order chi connectivity index (χ1) is 7.04. The molecule has 15 heavy (non-hydrogen) atoms. The molecule has 0 amide bonds. The van der Waals surface area contributed by atoms with E-state index in [1.165, 1.54) is 0 Å². The fourth-order valence-electron chi connectivity index (χ4n) is 1.11. The molecule has 0 aliphatic carbocycles. The zero-order valence-corrected chi connectivity index (χ0v) is 8.87. The fourth-order valence-corrected chi connectivity index (χ4v) is 1.11. The first-order valence-corrected chi connectivity index (χ1v) is 5.08. The van der Waals surface area contributed by atoms with E-state index >= 15 is 0 Å². The molecule has 0 radical (unpaired) electrons.